The Kier molecular flexibility index (Phi) is 6.04. The van der Waals surface area contributed by atoms with E-state index < -0.39 is 9.84 Å². The lowest BCUT2D eigenvalue weighted by Crippen LogP contribution is -2.45. The molecular weight excluding hydrogens is 310 g/mol. The monoisotopic (exact) mass is 337 g/mol. The van der Waals surface area contributed by atoms with E-state index >= 15 is 0 Å². The summed E-state index contributed by atoms with van der Waals surface area (Å²) in [5.41, 5.74) is 1.94. The van der Waals surface area contributed by atoms with Gasteiger partial charge in [-0.25, -0.2) is 8.42 Å². The van der Waals surface area contributed by atoms with Crippen LogP contribution in [0, 0.1) is 5.92 Å². The number of sulfone groups is 1. The van der Waals surface area contributed by atoms with Gasteiger partial charge < -0.3 is 10.2 Å². The van der Waals surface area contributed by atoms with Crippen LogP contribution in [0.1, 0.15) is 30.9 Å². The molecule has 2 rings (SSSR count). The van der Waals surface area contributed by atoms with Crippen molar-refractivity contribution in [2.45, 2.75) is 32.1 Å². The Balaban J connectivity index is 1.91. The average Bonchev–Trinajstić information content (AvgIpc) is 2.48. The molecule has 0 aromatic heterocycles. The van der Waals surface area contributed by atoms with E-state index in [1.165, 1.54) is 19.1 Å². The highest BCUT2D eigenvalue weighted by atomic mass is 32.2. The van der Waals surface area contributed by atoms with Gasteiger partial charge in [0.05, 0.1) is 5.75 Å². The van der Waals surface area contributed by atoms with Crippen LogP contribution in [0.25, 0.3) is 0 Å². The number of guanidine groups is 1. The Bertz CT molecular complexity index is 638. The van der Waals surface area contributed by atoms with Crippen LogP contribution in [0.5, 0.6) is 0 Å². The zero-order chi connectivity index (χ0) is 16.9. The molecule has 0 spiro atoms. The van der Waals surface area contributed by atoms with Crippen LogP contribution in [0.2, 0.25) is 0 Å². The van der Waals surface area contributed by atoms with Crippen molar-refractivity contribution in [3.8, 4) is 0 Å². The normalized spacial score (nSPS) is 19.7. The lowest BCUT2D eigenvalue weighted by atomic mass is 10.0. The lowest BCUT2D eigenvalue weighted by molar-refractivity contribution is 0.266. The second kappa shape index (κ2) is 7.81. The molecule has 0 radical (unpaired) electrons. The number of aliphatic imine (C=N–C) groups is 1. The van der Waals surface area contributed by atoms with Crippen LogP contribution in [-0.4, -0.2) is 45.7 Å². The SMILES string of the molecule is CN=C(NCc1ccc(CS(C)(=O)=O)cc1)N1CCCC(C)C1. The molecule has 1 fully saturated rings. The fourth-order valence-corrected chi connectivity index (χ4v) is 3.75. The minimum Gasteiger partial charge on any atom is -0.352 e. The Labute approximate surface area is 139 Å². The molecule has 1 atom stereocenters. The van der Waals surface area contributed by atoms with Crippen LogP contribution in [0.15, 0.2) is 29.3 Å². The van der Waals surface area contributed by atoms with E-state index in [1.54, 1.807) is 0 Å². The highest BCUT2D eigenvalue weighted by Gasteiger charge is 2.18. The van der Waals surface area contributed by atoms with Crippen molar-refractivity contribution in [2.24, 2.45) is 10.9 Å². The van der Waals surface area contributed by atoms with Crippen molar-refractivity contribution < 1.29 is 8.42 Å². The summed E-state index contributed by atoms with van der Waals surface area (Å²) >= 11 is 0. The summed E-state index contributed by atoms with van der Waals surface area (Å²) in [5.74, 6) is 1.74. The van der Waals surface area contributed by atoms with Crippen molar-refractivity contribution in [3.05, 3.63) is 35.4 Å². The molecule has 1 saturated heterocycles. The predicted octanol–water partition coefficient (Wildman–Crippen LogP) is 2.04. The first-order chi connectivity index (χ1) is 10.9. The summed E-state index contributed by atoms with van der Waals surface area (Å²) in [5, 5.41) is 3.40. The minimum atomic E-state index is -2.98. The van der Waals surface area contributed by atoms with Gasteiger partial charge in [0.15, 0.2) is 15.8 Å². The average molecular weight is 337 g/mol. The van der Waals surface area contributed by atoms with E-state index in [0.717, 1.165) is 30.2 Å². The third kappa shape index (κ3) is 5.86. The third-order valence-electron chi connectivity index (χ3n) is 4.07. The molecule has 0 amide bonds. The van der Waals surface area contributed by atoms with Gasteiger partial charge in [0.2, 0.25) is 0 Å². The first kappa shape index (κ1) is 17.8. The fourth-order valence-electron chi connectivity index (χ4n) is 2.95. The highest BCUT2D eigenvalue weighted by molar-refractivity contribution is 7.89. The molecule has 128 valence electrons. The van der Waals surface area contributed by atoms with E-state index in [4.69, 9.17) is 0 Å². The van der Waals surface area contributed by atoms with Gasteiger partial charge in [-0.05, 0) is 29.9 Å². The van der Waals surface area contributed by atoms with Crippen LogP contribution < -0.4 is 5.32 Å². The third-order valence-corrected chi connectivity index (χ3v) is 4.93. The lowest BCUT2D eigenvalue weighted by Gasteiger charge is -2.33. The van der Waals surface area contributed by atoms with Gasteiger partial charge in [0.1, 0.15) is 0 Å². The molecule has 6 heteroatoms. The molecule has 0 aliphatic carbocycles. The van der Waals surface area contributed by atoms with Crippen molar-refractivity contribution >= 4 is 15.8 Å². The number of hydrogen-bond acceptors (Lipinski definition) is 3. The fraction of sp³-hybridized carbons (Fsp3) is 0.588. The van der Waals surface area contributed by atoms with Gasteiger partial charge in [-0.2, -0.15) is 0 Å². The maximum absolute atomic E-state index is 11.3. The Morgan fingerprint density at radius 3 is 2.52 bits per heavy atom. The molecule has 0 saturated carbocycles. The molecule has 5 nitrogen and oxygen atoms in total. The number of nitrogens with one attached hydrogen (secondary N) is 1. The molecule has 23 heavy (non-hydrogen) atoms. The molecule has 1 unspecified atom stereocenters. The molecule has 1 aromatic rings. The second-order valence-corrected chi connectivity index (χ2v) is 8.62. The van der Waals surface area contributed by atoms with Gasteiger partial charge in [-0.3, -0.25) is 4.99 Å². The maximum atomic E-state index is 11.3. The second-order valence-electron chi connectivity index (χ2n) is 6.48. The summed E-state index contributed by atoms with van der Waals surface area (Å²) < 4.78 is 22.6. The van der Waals surface area contributed by atoms with E-state index in [9.17, 15) is 8.42 Å². The molecular formula is C17H27N3O2S. The Morgan fingerprint density at radius 1 is 1.30 bits per heavy atom. The van der Waals surface area contributed by atoms with Crippen molar-refractivity contribution in [3.63, 3.8) is 0 Å². The van der Waals surface area contributed by atoms with Crippen LogP contribution in [0.3, 0.4) is 0 Å². The standard InChI is InChI=1S/C17H27N3O2S/c1-14-5-4-10-20(12-14)17(18-2)19-11-15-6-8-16(9-7-15)13-23(3,21)22/h6-9,14H,4-5,10-13H2,1-3H3,(H,18,19). The van der Waals surface area contributed by atoms with E-state index in [2.05, 4.69) is 22.1 Å². The predicted molar refractivity (Wildman–Crippen MR) is 95.2 cm³/mol. The van der Waals surface area contributed by atoms with Crippen LogP contribution >= 0.6 is 0 Å². The van der Waals surface area contributed by atoms with Gasteiger partial charge in [0, 0.05) is 32.9 Å². The number of likely N-dealkylation sites (tertiary alicyclic amines) is 1. The number of nitrogens with zero attached hydrogens (tertiary/aromatic N) is 2. The molecule has 0 bridgehead atoms. The van der Waals surface area contributed by atoms with E-state index in [-0.39, 0.29) is 5.75 Å². The topological polar surface area (TPSA) is 61.8 Å². The Morgan fingerprint density at radius 2 is 1.96 bits per heavy atom. The van der Waals surface area contributed by atoms with Crippen molar-refractivity contribution in [2.75, 3.05) is 26.4 Å². The molecule has 1 N–H and O–H groups in total. The minimum absolute atomic E-state index is 0.0913. The van der Waals surface area contributed by atoms with Crippen molar-refractivity contribution in [1.82, 2.24) is 10.2 Å². The van der Waals surface area contributed by atoms with Gasteiger partial charge >= 0.3 is 0 Å². The maximum Gasteiger partial charge on any atom is 0.193 e. The Hall–Kier alpha value is -1.56. The zero-order valence-electron chi connectivity index (χ0n) is 14.2. The van der Waals surface area contributed by atoms with E-state index in [0.29, 0.717) is 12.5 Å². The summed E-state index contributed by atoms with van der Waals surface area (Å²) in [6, 6.07) is 7.70. The number of benzene rings is 1. The molecule has 1 aromatic carbocycles. The summed E-state index contributed by atoms with van der Waals surface area (Å²) in [6.07, 6.45) is 3.75. The van der Waals surface area contributed by atoms with Crippen LogP contribution in [0.4, 0.5) is 0 Å². The summed E-state index contributed by atoms with van der Waals surface area (Å²) in [4.78, 5) is 6.69. The smallest absolute Gasteiger partial charge is 0.193 e. The molecule has 1 heterocycles. The molecule has 1 aliphatic heterocycles. The zero-order valence-corrected chi connectivity index (χ0v) is 15.1. The largest absolute Gasteiger partial charge is 0.352 e. The quantitative estimate of drug-likeness (QED) is 0.675. The van der Waals surface area contributed by atoms with Gasteiger partial charge in [-0.15, -0.1) is 0 Å². The van der Waals surface area contributed by atoms with E-state index in [1.807, 2.05) is 31.3 Å². The number of piperidine rings is 1. The highest BCUT2D eigenvalue weighted by Crippen LogP contribution is 2.15. The number of rotatable bonds is 4. The van der Waals surface area contributed by atoms with Crippen molar-refractivity contribution in [1.29, 1.82) is 0 Å². The number of hydrogen-bond donors (Lipinski definition) is 1. The summed E-state index contributed by atoms with van der Waals surface area (Å²) in [7, 11) is -1.16. The van der Waals surface area contributed by atoms with Crippen LogP contribution in [-0.2, 0) is 22.1 Å². The van der Waals surface area contributed by atoms with Gasteiger partial charge in [0.25, 0.3) is 0 Å². The van der Waals surface area contributed by atoms with Gasteiger partial charge in [-0.1, -0.05) is 31.2 Å². The first-order valence-electron chi connectivity index (χ1n) is 8.08. The first-order valence-corrected chi connectivity index (χ1v) is 10.1. The summed E-state index contributed by atoms with van der Waals surface area (Å²) in [6.45, 7) is 5.07. The molecule has 1 aliphatic rings.